The van der Waals surface area contributed by atoms with Crippen LogP contribution in [0.15, 0.2) is 36.9 Å². The van der Waals surface area contributed by atoms with Crippen molar-refractivity contribution in [3.05, 3.63) is 42.5 Å². The molecule has 2 unspecified atom stereocenters. The van der Waals surface area contributed by atoms with Gasteiger partial charge in [-0.3, -0.25) is 9.69 Å². The Kier molecular flexibility index (Phi) is 9.66. The van der Waals surface area contributed by atoms with E-state index in [0.29, 0.717) is 24.7 Å². The molecule has 0 radical (unpaired) electrons. The number of methoxy groups -OCH3 is 1. The zero-order valence-electron chi connectivity index (χ0n) is 22.4. The molecule has 0 aromatic heterocycles. The van der Waals surface area contributed by atoms with Gasteiger partial charge < -0.3 is 15.2 Å². The van der Waals surface area contributed by atoms with Gasteiger partial charge in [-0.25, -0.2) is 0 Å². The van der Waals surface area contributed by atoms with Crippen LogP contribution in [-0.4, -0.2) is 54.7 Å². The molecule has 198 valence electrons. The highest BCUT2D eigenvalue weighted by Gasteiger charge is 2.49. The molecular formula is C31H46N2O3. The summed E-state index contributed by atoms with van der Waals surface area (Å²) in [5.41, 5.74) is 3.02. The van der Waals surface area contributed by atoms with Gasteiger partial charge >= 0.3 is 0 Å². The quantitative estimate of drug-likeness (QED) is 0.242. The second-order valence-electron chi connectivity index (χ2n) is 11.0. The molecule has 36 heavy (non-hydrogen) atoms. The number of carbonyl (C=O) groups excluding carboxylic acids is 1. The number of aliphatic hydroxyl groups is 1. The third-order valence-corrected chi connectivity index (χ3v) is 8.75. The topological polar surface area (TPSA) is 61.8 Å². The monoisotopic (exact) mass is 494 g/mol. The second-order valence-corrected chi connectivity index (χ2v) is 11.0. The van der Waals surface area contributed by atoms with Gasteiger partial charge in [0.15, 0.2) is 0 Å². The molecule has 1 aromatic rings. The Bertz CT molecular complexity index is 926. The molecule has 0 saturated carbocycles. The van der Waals surface area contributed by atoms with Crippen LogP contribution in [-0.2, 0) is 4.79 Å². The largest absolute Gasteiger partial charge is 0.497 e. The summed E-state index contributed by atoms with van der Waals surface area (Å²) in [6.45, 7) is 8.69. The van der Waals surface area contributed by atoms with E-state index >= 15 is 0 Å². The molecule has 3 saturated heterocycles. The fraction of sp³-hybridized carbons (Fsp3) is 0.645. The van der Waals surface area contributed by atoms with Gasteiger partial charge in [-0.2, -0.15) is 0 Å². The molecule has 4 aliphatic rings. The number of hydrogen-bond donors (Lipinski definition) is 2. The first-order valence-electron chi connectivity index (χ1n) is 14.3. The Morgan fingerprint density at radius 1 is 1.19 bits per heavy atom. The smallest absolute Gasteiger partial charge is 0.137 e. The number of nitrogens with one attached hydrogen (secondary N) is 1. The molecule has 1 aromatic carbocycles. The van der Waals surface area contributed by atoms with Crippen molar-refractivity contribution in [3.8, 4) is 5.75 Å². The van der Waals surface area contributed by atoms with Crippen LogP contribution >= 0.6 is 0 Å². The van der Waals surface area contributed by atoms with E-state index in [1.54, 1.807) is 7.11 Å². The predicted molar refractivity (Wildman–Crippen MR) is 148 cm³/mol. The summed E-state index contributed by atoms with van der Waals surface area (Å²) in [7, 11) is 1.67. The molecular weight excluding hydrogens is 448 g/mol. The van der Waals surface area contributed by atoms with Crippen LogP contribution in [0.1, 0.15) is 76.7 Å². The Labute approximate surface area is 218 Å². The molecule has 2 bridgehead atoms. The van der Waals surface area contributed by atoms with Crippen LogP contribution < -0.4 is 10.1 Å². The number of Topliss-reactive ketones (excluding diaryl/α,β-unsaturated/α-hetero) is 1. The Hall–Kier alpha value is -2.11. The minimum absolute atomic E-state index is 0.0294. The molecule has 4 heterocycles. The van der Waals surface area contributed by atoms with Crippen molar-refractivity contribution < 1.29 is 14.6 Å². The van der Waals surface area contributed by atoms with Gasteiger partial charge in [0.2, 0.25) is 0 Å². The van der Waals surface area contributed by atoms with Crippen molar-refractivity contribution in [3.63, 3.8) is 0 Å². The number of benzene rings is 1. The Morgan fingerprint density at radius 3 is 2.64 bits per heavy atom. The van der Waals surface area contributed by atoms with Gasteiger partial charge in [-0.05, 0) is 48.4 Å². The highest BCUT2D eigenvalue weighted by atomic mass is 16.5. The lowest BCUT2D eigenvalue weighted by atomic mass is 9.66. The number of rotatable bonds is 14. The van der Waals surface area contributed by atoms with E-state index in [-0.39, 0.29) is 17.9 Å². The van der Waals surface area contributed by atoms with Crippen molar-refractivity contribution in [2.45, 2.75) is 83.3 Å². The summed E-state index contributed by atoms with van der Waals surface area (Å²) in [6.07, 6.45) is 15.1. The number of piperidine rings is 3. The minimum Gasteiger partial charge on any atom is -0.497 e. The Morgan fingerprint density at radius 2 is 1.94 bits per heavy atom. The summed E-state index contributed by atoms with van der Waals surface area (Å²) < 4.78 is 5.45. The number of aliphatic hydroxyl groups excluding tert-OH is 1. The van der Waals surface area contributed by atoms with Gasteiger partial charge in [0.05, 0.1) is 13.2 Å². The molecule has 5 nitrogen and oxygen atoms in total. The summed E-state index contributed by atoms with van der Waals surface area (Å²) in [4.78, 5) is 15.6. The van der Waals surface area contributed by atoms with Crippen molar-refractivity contribution in [1.29, 1.82) is 0 Å². The van der Waals surface area contributed by atoms with Gasteiger partial charge in [0.1, 0.15) is 11.5 Å². The molecule has 2 N–H and O–H groups in total. The van der Waals surface area contributed by atoms with Crippen molar-refractivity contribution in [2.75, 3.05) is 32.1 Å². The lowest BCUT2D eigenvalue weighted by Crippen LogP contribution is -2.62. The van der Waals surface area contributed by atoms with E-state index in [2.05, 4.69) is 29.8 Å². The van der Waals surface area contributed by atoms with Crippen LogP contribution in [0.5, 0.6) is 5.75 Å². The van der Waals surface area contributed by atoms with Gasteiger partial charge in [0, 0.05) is 49.3 Å². The molecule has 6 atom stereocenters. The number of fused-ring (bicyclic) bond motifs is 4. The maximum atomic E-state index is 13.3. The summed E-state index contributed by atoms with van der Waals surface area (Å²) >= 11 is 0. The molecule has 5 rings (SSSR count). The highest BCUT2D eigenvalue weighted by Crippen LogP contribution is 2.45. The van der Waals surface area contributed by atoms with Crippen LogP contribution in [0.3, 0.4) is 0 Å². The maximum Gasteiger partial charge on any atom is 0.137 e. The number of nitrogens with zero attached hydrogens (tertiary/aromatic N) is 1. The number of ether oxygens (including phenoxy) is 1. The summed E-state index contributed by atoms with van der Waals surface area (Å²) in [6, 6.07) is 6.01. The third-order valence-electron chi connectivity index (χ3n) is 8.75. The van der Waals surface area contributed by atoms with Crippen molar-refractivity contribution in [1.82, 2.24) is 4.90 Å². The molecule has 0 amide bonds. The number of carbonyl (C=O) groups is 1. The third kappa shape index (κ3) is 6.06. The zero-order valence-corrected chi connectivity index (χ0v) is 22.4. The van der Waals surface area contributed by atoms with Crippen LogP contribution in [0.25, 0.3) is 5.57 Å². The molecule has 0 aliphatic carbocycles. The fourth-order valence-electron chi connectivity index (χ4n) is 6.65. The lowest BCUT2D eigenvalue weighted by Gasteiger charge is -2.54. The van der Waals surface area contributed by atoms with Crippen LogP contribution in [0.2, 0.25) is 0 Å². The average molecular weight is 495 g/mol. The van der Waals surface area contributed by atoms with Crippen LogP contribution in [0.4, 0.5) is 5.69 Å². The second kappa shape index (κ2) is 12.9. The van der Waals surface area contributed by atoms with Gasteiger partial charge in [-0.15, -0.1) is 6.58 Å². The number of unbranched alkanes of at least 4 members (excludes halogenated alkanes) is 7. The first kappa shape index (κ1) is 26.9. The molecule has 4 aliphatic heterocycles. The van der Waals surface area contributed by atoms with E-state index in [1.807, 2.05) is 24.3 Å². The van der Waals surface area contributed by atoms with E-state index in [1.165, 1.54) is 38.5 Å². The first-order valence-corrected chi connectivity index (χ1v) is 14.3. The Balaban J connectivity index is 1.35. The molecule has 5 heteroatoms. The van der Waals surface area contributed by atoms with Crippen LogP contribution in [0, 0.1) is 17.8 Å². The minimum atomic E-state index is -0.588. The van der Waals surface area contributed by atoms with Gasteiger partial charge in [-0.1, -0.05) is 64.0 Å². The fourth-order valence-corrected chi connectivity index (χ4v) is 6.65. The summed E-state index contributed by atoms with van der Waals surface area (Å²) in [5.74, 6) is 1.89. The maximum absolute atomic E-state index is 13.3. The summed E-state index contributed by atoms with van der Waals surface area (Å²) in [5, 5.41) is 15.0. The zero-order chi connectivity index (χ0) is 25.5. The van der Waals surface area contributed by atoms with Gasteiger partial charge in [0.25, 0.3) is 0 Å². The SMILES string of the molecule is C=C[C@H]1CN2CC(C(=O)CCCCCCCCCC)[C@@H]1C[C@@H]2[C@@H](O)C1=CCNc2ccc(OC)cc21. The molecule has 0 spiro atoms. The van der Waals surface area contributed by atoms with E-state index in [4.69, 9.17) is 4.74 Å². The van der Waals surface area contributed by atoms with E-state index < -0.39 is 6.10 Å². The predicted octanol–water partition coefficient (Wildman–Crippen LogP) is 6.09. The number of ketones is 1. The average Bonchev–Trinajstić information content (AvgIpc) is 2.92. The van der Waals surface area contributed by atoms with E-state index in [9.17, 15) is 9.90 Å². The lowest BCUT2D eigenvalue weighted by molar-refractivity contribution is -0.135. The van der Waals surface area contributed by atoms with E-state index in [0.717, 1.165) is 54.9 Å². The first-order chi connectivity index (χ1) is 17.6. The highest BCUT2D eigenvalue weighted by molar-refractivity contribution is 5.83. The van der Waals surface area contributed by atoms with Crippen molar-refractivity contribution in [2.24, 2.45) is 17.8 Å². The molecule has 3 fully saturated rings. The normalized spacial score (nSPS) is 27.5. The van der Waals surface area contributed by atoms with Crippen molar-refractivity contribution >= 4 is 17.0 Å². The number of anilines is 1. The number of hydrogen-bond acceptors (Lipinski definition) is 5. The standard InChI is InChI=1S/C31H46N2O3/c1-4-6-7-8-9-10-11-12-13-30(34)27-21-33-20-22(5-2)25(27)19-29(33)31(35)24-16-17-32-28-15-14-23(36-3)18-26(24)28/h5,14-16,18,22,25,27,29,31-32,35H,2,4,6-13,17,19-21H2,1,3H3/t22-,25+,27?,29+,31-/m0/s1.